The van der Waals surface area contributed by atoms with Crippen molar-refractivity contribution in [2.45, 2.75) is 25.5 Å². The van der Waals surface area contributed by atoms with Crippen LogP contribution in [0.1, 0.15) is 25.0 Å². The normalized spacial score (nSPS) is 13.9. The zero-order chi connectivity index (χ0) is 14.3. The Kier molecular flexibility index (Phi) is 6.62. The van der Waals surface area contributed by atoms with Gasteiger partial charge in [-0.25, -0.2) is 0 Å². The van der Waals surface area contributed by atoms with E-state index >= 15 is 0 Å². The number of benzene rings is 1. The Labute approximate surface area is 114 Å². The minimum Gasteiger partial charge on any atom is -0.497 e. The lowest BCUT2D eigenvalue weighted by atomic mass is 9.99. The molecule has 1 aromatic rings. The van der Waals surface area contributed by atoms with E-state index < -0.39 is 6.10 Å². The summed E-state index contributed by atoms with van der Waals surface area (Å²) in [6.45, 7) is 2.46. The number of hydrogen-bond donors (Lipinski definition) is 3. The molecule has 2 atom stereocenters. The molecule has 19 heavy (non-hydrogen) atoms. The Morgan fingerprint density at radius 1 is 1.26 bits per heavy atom. The molecule has 0 aromatic heterocycles. The van der Waals surface area contributed by atoms with E-state index in [1.54, 1.807) is 32.4 Å². The molecule has 5 heteroatoms. The van der Waals surface area contributed by atoms with Crippen molar-refractivity contribution in [1.82, 2.24) is 5.32 Å². The molecule has 0 bridgehead atoms. The topological polar surface area (TPSA) is 71.0 Å². The predicted octanol–water partition coefficient (Wildman–Crippen LogP) is 1.10. The highest BCUT2D eigenvalue weighted by Gasteiger charge is 2.22. The summed E-state index contributed by atoms with van der Waals surface area (Å²) >= 11 is 0. The van der Waals surface area contributed by atoms with Crippen molar-refractivity contribution in [1.29, 1.82) is 0 Å². The van der Waals surface area contributed by atoms with Gasteiger partial charge >= 0.3 is 0 Å². The summed E-state index contributed by atoms with van der Waals surface area (Å²) in [5.41, 5.74) is 0.680. The molecule has 0 amide bonds. The SMILES string of the molecule is CCC(NCCO)C(O)c1cc(OC)ccc1OC. The number of methoxy groups -OCH3 is 2. The Balaban J connectivity index is 2.97. The van der Waals surface area contributed by atoms with Gasteiger partial charge in [-0.2, -0.15) is 0 Å². The third-order valence-corrected chi connectivity index (χ3v) is 3.09. The molecule has 0 saturated carbocycles. The fraction of sp³-hybridized carbons (Fsp3) is 0.571. The molecule has 0 saturated heterocycles. The maximum Gasteiger partial charge on any atom is 0.124 e. The zero-order valence-corrected chi connectivity index (χ0v) is 11.7. The molecule has 0 spiro atoms. The average molecular weight is 269 g/mol. The van der Waals surface area contributed by atoms with E-state index in [1.807, 2.05) is 6.92 Å². The van der Waals surface area contributed by atoms with Gasteiger partial charge in [0.2, 0.25) is 0 Å². The Hall–Kier alpha value is -1.30. The van der Waals surface area contributed by atoms with E-state index in [2.05, 4.69) is 5.32 Å². The largest absolute Gasteiger partial charge is 0.497 e. The summed E-state index contributed by atoms with van der Waals surface area (Å²) in [4.78, 5) is 0. The van der Waals surface area contributed by atoms with Crippen LogP contribution in [0.15, 0.2) is 18.2 Å². The summed E-state index contributed by atoms with van der Waals surface area (Å²) in [7, 11) is 3.15. The van der Waals surface area contributed by atoms with Crippen molar-refractivity contribution in [3.05, 3.63) is 23.8 Å². The summed E-state index contributed by atoms with van der Waals surface area (Å²) < 4.78 is 10.4. The van der Waals surface area contributed by atoms with E-state index in [9.17, 15) is 5.11 Å². The molecule has 0 aliphatic rings. The van der Waals surface area contributed by atoms with Crippen LogP contribution in [0, 0.1) is 0 Å². The lowest BCUT2D eigenvalue weighted by Crippen LogP contribution is -2.36. The summed E-state index contributed by atoms with van der Waals surface area (Å²) in [5.74, 6) is 1.30. The van der Waals surface area contributed by atoms with Gasteiger partial charge in [-0.1, -0.05) is 6.92 Å². The van der Waals surface area contributed by atoms with Crippen molar-refractivity contribution in [2.24, 2.45) is 0 Å². The number of ether oxygens (including phenoxy) is 2. The van der Waals surface area contributed by atoms with Crippen molar-refractivity contribution in [3.8, 4) is 11.5 Å². The van der Waals surface area contributed by atoms with E-state index in [0.717, 1.165) is 6.42 Å². The molecule has 0 fully saturated rings. The lowest BCUT2D eigenvalue weighted by Gasteiger charge is -2.24. The van der Waals surface area contributed by atoms with Gasteiger partial charge in [-0.3, -0.25) is 0 Å². The lowest BCUT2D eigenvalue weighted by molar-refractivity contribution is 0.119. The maximum atomic E-state index is 10.5. The molecule has 0 aliphatic heterocycles. The number of rotatable bonds is 8. The van der Waals surface area contributed by atoms with Crippen molar-refractivity contribution in [3.63, 3.8) is 0 Å². The third-order valence-electron chi connectivity index (χ3n) is 3.09. The first-order valence-corrected chi connectivity index (χ1v) is 6.42. The number of nitrogens with one attached hydrogen (secondary N) is 1. The molecular weight excluding hydrogens is 246 g/mol. The summed E-state index contributed by atoms with van der Waals surface area (Å²) in [5, 5.41) is 22.4. The molecule has 2 unspecified atom stereocenters. The highest BCUT2D eigenvalue weighted by Crippen LogP contribution is 2.31. The molecule has 3 N–H and O–H groups in total. The molecule has 1 rings (SSSR count). The van der Waals surface area contributed by atoms with Crippen LogP contribution in [-0.4, -0.2) is 43.6 Å². The summed E-state index contributed by atoms with van der Waals surface area (Å²) in [6, 6.07) is 5.19. The molecule has 0 aliphatic carbocycles. The van der Waals surface area contributed by atoms with Crippen molar-refractivity contribution < 1.29 is 19.7 Å². The van der Waals surface area contributed by atoms with Gasteiger partial charge < -0.3 is 25.0 Å². The van der Waals surface area contributed by atoms with Gasteiger partial charge in [-0.05, 0) is 24.6 Å². The number of aliphatic hydroxyl groups excluding tert-OH is 2. The first kappa shape index (κ1) is 15.8. The Morgan fingerprint density at radius 3 is 2.53 bits per heavy atom. The van der Waals surface area contributed by atoms with E-state index in [1.165, 1.54) is 0 Å². The van der Waals surface area contributed by atoms with E-state index in [0.29, 0.717) is 23.6 Å². The van der Waals surface area contributed by atoms with E-state index in [4.69, 9.17) is 14.6 Å². The highest BCUT2D eigenvalue weighted by molar-refractivity contribution is 5.42. The quantitative estimate of drug-likeness (QED) is 0.659. The van der Waals surface area contributed by atoms with E-state index in [-0.39, 0.29) is 12.6 Å². The smallest absolute Gasteiger partial charge is 0.124 e. The molecular formula is C14H23NO4. The first-order valence-electron chi connectivity index (χ1n) is 6.42. The molecule has 108 valence electrons. The van der Waals surface area contributed by atoms with Crippen LogP contribution in [0.4, 0.5) is 0 Å². The van der Waals surface area contributed by atoms with Crippen LogP contribution in [0.25, 0.3) is 0 Å². The van der Waals surface area contributed by atoms with Crippen LogP contribution in [-0.2, 0) is 0 Å². The fourth-order valence-corrected chi connectivity index (χ4v) is 2.02. The number of aliphatic hydroxyl groups is 2. The van der Waals surface area contributed by atoms with Crippen LogP contribution in [0.3, 0.4) is 0 Å². The maximum absolute atomic E-state index is 10.5. The Bertz CT molecular complexity index is 384. The molecule has 0 radical (unpaired) electrons. The number of hydrogen-bond acceptors (Lipinski definition) is 5. The Morgan fingerprint density at radius 2 is 2.00 bits per heavy atom. The van der Waals surface area contributed by atoms with Crippen molar-refractivity contribution in [2.75, 3.05) is 27.4 Å². The van der Waals surface area contributed by atoms with Crippen LogP contribution < -0.4 is 14.8 Å². The third kappa shape index (κ3) is 4.09. The van der Waals surface area contributed by atoms with Crippen LogP contribution >= 0.6 is 0 Å². The van der Waals surface area contributed by atoms with Crippen LogP contribution in [0.5, 0.6) is 11.5 Å². The minimum atomic E-state index is -0.721. The molecule has 1 aromatic carbocycles. The zero-order valence-electron chi connectivity index (χ0n) is 11.7. The standard InChI is InChI=1S/C14H23NO4/c1-4-12(15-7-8-16)14(17)11-9-10(18-2)5-6-13(11)19-3/h5-6,9,12,14-17H,4,7-8H2,1-3H3. The average Bonchev–Trinajstić information content (AvgIpc) is 2.47. The fourth-order valence-electron chi connectivity index (χ4n) is 2.02. The second-order valence-electron chi connectivity index (χ2n) is 4.25. The summed E-state index contributed by atoms with van der Waals surface area (Å²) in [6.07, 6.45) is 0.0169. The van der Waals surface area contributed by atoms with Gasteiger partial charge in [0.1, 0.15) is 11.5 Å². The monoisotopic (exact) mass is 269 g/mol. The van der Waals surface area contributed by atoms with Gasteiger partial charge in [-0.15, -0.1) is 0 Å². The first-order chi connectivity index (χ1) is 9.17. The van der Waals surface area contributed by atoms with Gasteiger partial charge in [0.05, 0.1) is 26.9 Å². The van der Waals surface area contributed by atoms with Gasteiger partial charge in [0, 0.05) is 18.2 Å². The second kappa shape index (κ2) is 7.99. The highest BCUT2D eigenvalue weighted by atomic mass is 16.5. The minimum absolute atomic E-state index is 0.0401. The van der Waals surface area contributed by atoms with Crippen LogP contribution in [0.2, 0.25) is 0 Å². The predicted molar refractivity (Wildman–Crippen MR) is 73.7 cm³/mol. The van der Waals surface area contributed by atoms with Gasteiger partial charge in [0.15, 0.2) is 0 Å². The van der Waals surface area contributed by atoms with Gasteiger partial charge in [0.25, 0.3) is 0 Å². The second-order valence-corrected chi connectivity index (χ2v) is 4.25. The molecule has 0 heterocycles. The molecule has 5 nitrogen and oxygen atoms in total. The van der Waals surface area contributed by atoms with Crippen molar-refractivity contribution >= 4 is 0 Å².